The van der Waals surface area contributed by atoms with Gasteiger partial charge in [-0.15, -0.1) is 9.78 Å². The van der Waals surface area contributed by atoms with Gasteiger partial charge in [-0.05, 0) is 24.3 Å². The molecule has 30 heavy (non-hydrogen) atoms. The smallest absolute Gasteiger partial charge is 0.322 e. The number of aromatic amines is 1. The van der Waals surface area contributed by atoms with Crippen LogP contribution in [0.25, 0.3) is 33.2 Å². The average Bonchev–Trinajstić information content (AvgIpc) is 3.09. The van der Waals surface area contributed by atoms with E-state index in [4.69, 9.17) is 14.7 Å². The number of rotatable bonds is 5. The van der Waals surface area contributed by atoms with Gasteiger partial charge in [0.2, 0.25) is 5.65 Å². The first kappa shape index (κ1) is 18.1. The number of hydrogen-bond donors (Lipinski definition) is 0. The minimum atomic E-state index is -0.179. The number of ether oxygens (including phenoxy) is 1. The van der Waals surface area contributed by atoms with E-state index in [1.807, 2.05) is 42.5 Å². The number of aromatic nitrogens is 6. The second-order valence-corrected chi connectivity index (χ2v) is 6.68. The Morgan fingerprint density at radius 1 is 1.13 bits per heavy atom. The number of methoxy groups -OCH3 is 1. The van der Waals surface area contributed by atoms with Gasteiger partial charge in [0, 0.05) is 13.3 Å². The highest BCUT2D eigenvalue weighted by atomic mass is 16.5. The largest absolute Gasteiger partial charge is 0.381 e. The molecule has 4 aromatic heterocycles. The van der Waals surface area contributed by atoms with E-state index in [1.54, 1.807) is 35.1 Å². The van der Waals surface area contributed by atoms with E-state index in [-0.39, 0.29) is 5.56 Å². The van der Waals surface area contributed by atoms with Crippen LogP contribution in [0.2, 0.25) is 0 Å². The highest BCUT2D eigenvalue weighted by Gasteiger charge is 2.24. The summed E-state index contributed by atoms with van der Waals surface area (Å²) in [5.41, 5.74) is 3.46. The van der Waals surface area contributed by atoms with Crippen LogP contribution in [-0.4, -0.2) is 44.1 Å². The summed E-state index contributed by atoms with van der Waals surface area (Å²) < 4.78 is 8.28. The highest BCUT2D eigenvalue weighted by molar-refractivity contribution is 6.03. The van der Waals surface area contributed by atoms with Crippen LogP contribution < -0.4 is 10.5 Å². The van der Waals surface area contributed by atoms with Crippen molar-refractivity contribution in [2.75, 3.05) is 13.7 Å². The highest BCUT2D eigenvalue weighted by Crippen LogP contribution is 2.23. The third kappa shape index (κ3) is 3.01. The normalized spacial score (nSPS) is 11.9. The lowest BCUT2D eigenvalue weighted by Crippen LogP contribution is -2.28. The molecular weight excluding hydrogens is 382 g/mol. The summed E-state index contributed by atoms with van der Waals surface area (Å²) >= 11 is 0. The topological polar surface area (TPSA) is 101 Å². The number of para-hydroxylation sites is 2. The Balaban J connectivity index is 1.82. The lowest BCUT2D eigenvalue weighted by Gasteiger charge is -1.99. The zero-order valence-electron chi connectivity index (χ0n) is 16.2. The van der Waals surface area contributed by atoms with Crippen molar-refractivity contribution in [2.24, 2.45) is 5.10 Å². The van der Waals surface area contributed by atoms with E-state index in [0.717, 1.165) is 5.52 Å². The Labute approximate surface area is 170 Å². The molecule has 0 amide bonds. The maximum Gasteiger partial charge on any atom is 0.322 e. The average molecular weight is 400 g/mol. The van der Waals surface area contributed by atoms with Crippen LogP contribution in [-0.2, 0) is 11.3 Å². The molecule has 0 atom stereocenters. The van der Waals surface area contributed by atoms with Crippen molar-refractivity contribution in [1.82, 2.24) is 24.2 Å². The fraction of sp³-hybridized carbons (Fsp3) is 0.143. The quantitative estimate of drug-likeness (QED) is 0.418. The molecule has 0 aliphatic heterocycles. The van der Waals surface area contributed by atoms with Crippen molar-refractivity contribution in [3.63, 3.8) is 0 Å². The Morgan fingerprint density at radius 2 is 1.93 bits per heavy atom. The molecule has 4 heterocycles. The van der Waals surface area contributed by atoms with Gasteiger partial charge in [-0.2, -0.15) is 0 Å². The van der Waals surface area contributed by atoms with Crippen LogP contribution in [0.3, 0.4) is 0 Å². The first-order valence-corrected chi connectivity index (χ1v) is 9.42. The first-order chi connectivity index (χ1) is 14.8. The van der Waals surface area contributed by atoms with Crippen molar-refractivity contribution >= 4 is 39.4 Å². The fourth-order valence-electron chi connectivity index (χ4n) is 3.34. The molecule has 5 rings (SSSR count). The molecule has 0 unspecified atom stereocenters. The summed E-state index contributed by atoms with van der Waals surface area (Å²) in [5, 5.41) is 4.99. The number of pyridine rings is 1. The number of nitrogens with one attached hydrogen (secondary N) is 1. The van der Waals surface area contributed by atoms with Crippen molar-refractivity contribution in [2.45, 2.75) is 6.54 Å². The van der Waals surface area contributed by atoms with Gasteiger partial charge in [-0.25, -0.2) is 24.3 Å². The molecule has 0 aliphatic carbocycles. The Bertz CT molecular complexity index is 1460. The summed E-state index contributed by atoms with van der Waals surface area (Å²) in [6.07, 6.45) is 4.94. The number of H-pyrrole nitrogens is 1. The zero-order chi connectivity index (χ0) is 20.5. The molecule has 0 spiro atoms. The van der Waals surface area contributed by atoms with Gasteiger partial charge in [0.05, 0.1) is 36.1 Å². The second-order valence-electron chi connectivity index (χ2n) is 6.68. The molecule has 0 aliphatic rings. The minimum absolute atomic E-state index is 0.179. The van der Waals surface area contributed by atoms with Gasteiger partial charge in [0.15, 0.2) is 11.7 Å². The van der Waals surface area contributed by atoms with E-state index in [0.29, 0.717) is 46.6 Å². The second kappa shape index (κ2) is 7.45. The summed E-state index contributed by atoms with van der Waals surface area (Å²) in [4.78, 5) is 30.1. The molecule has 0 saturated carbocycles. The number of benzene rings is 1. The fourth-order valence-corrected chi connectivity index (χ4v) is 3.34. The van der Waals surface area contributed by atoms with Crippen LogP contribution in [0.5, 0.6) is 0 Å². The lowest BCUT2D eigenvalue weighted by molar-refractivity contribution is -0.357. The van der Waals surface area contributed by atoms with E-state index in [1.165, 1.54) is 0 Å². The van der Waals surface area contributed by atoms with Gasteiger partial charge < -0.3 is 4.74 Å². The molecule has 148 valence electrons. The molecule has 1 aromatic carbocycles. The molecule has 5 aromatic rings. The molecule has 0 saturated heterocycles. The maximum atomic E-state index is 13.2. The number of hydrogen-bond acceptors (Lipinski definition) is 6. The van der Waals surface area contributed by atoms with Crippen molar-refractivity contribution < 1.29 is 9.72 Å². The van der Waals surface area contributed by atoms with Crippen LogP contribution in [0.15, 0.2) is 64.9 Å². The number of fused-ring (bicyclic) bond motifs is 4. The standard InChI is InChI=1S/C21H17N7O2/c1-30-11-10-27-13-23-19-17(21(27)29)18-20(26-16-8-3-2-7-15(16)25-18)28(19)24-12-14-6-4-5-9-22-14/h2-9,12-13H,10-11H2,1H3/p+1/b24-12-. The first-order valence-electron chi connectivity index (χ1n) is 9.42. The zero-order valence-corrected chi connectivity index (χ0v) is 16.2. The predicted octanol–water partition coefficient (Wildman–Crippen LogP) is 1.64. The molecule has 1 N–H and O–H groups in total. The van der Waals surface area contributed by atoms with E-state index in [9.17, 15) is 4.79 Å². The maximum absolute atomic E-state index is 13.2. The summed E-state index contributed by atoms with van der Waals surface area (Å²) in [6.45, 7) is 0.844. The van der Waals surface area contributed by atoms with Gasteiger partial charge >= 0.3 is 5.56 Å². The minimum Gasteiger partial charge on any atom is -0.381 e. The molecule has 9 nitrogen and oxygen atoms in total. The van der Waals surface area contributed by atoms with Crippen LogP contribution in [0, 0.1) is 0 Å². The molecule has 9 heteroatoms. The van der Waals surface area contributed by atoms with Gasteiger partial charge in [-0.3, -0.25) is 4.98 Å². The Hall–Kier alpha value is -3.98. The van der Waals surface area contributed by atoms with E-state index in [2.05, 4.69) is 15.1 Å². The van der Waals surface area contributed by atoms with Gasteiger partial charge in [0.25, 0.3) is 5.65 Å². The van der Waals surface area contributed by atoms with E-state index >= 15 is 0 Å². The monoisotopic (exact) mass is 400 g/mol. The van der Waals surface area contributed by atoms with Crippen LogP contribution in [0.1, 0.15) is 5.69 Å². The van der Waals surface area contributed by atoms with E-state index < -0.39 is 0 Å². The third-order valence-electron chi connectivity index (χ3n) is 4.80. The van der Waals surface area contributed by atoms with Gasteiger partial charge in [0.1, 0.15) is 5.52 Å². The molecule has 0 bridgehead atoms. The third-order valence-corrected chi connectivity index (χ3v) is 4.80. The summed E-state index contributed by atoms with van der Waals surface area (Å²) in [7, 11) is 1.60. The lowest BCUT2D eigenvalue weighted by atomic mass is 10.3. The van der Waals surface area contributed by atoms with Crippen molar-refractivity contribution in [3.8, 4) is 0 Å². The van der Waals surface area contributed by atoms with Crippen LogP contribution in [0.4, 0.5) is 0 Å². The van der Waals surface area contributed by atoms with Gasteiger partial charge in [-0.1, -0.05) is 18.2 Å². The van der Waals surface area contributed by atoms with Crippen LogP contribution >= 0.6 is 0 Å². The van der Waals surface area contributed by atoms with Crippen molar-refractivity contribution in [1.29, 1.82) is 0 Å². The molecule has 0 radical (unpaired) electrons. The number of nitrogens with zero attached hydrogens (tertiary/aromatic N) is 6. The summed E-state index contributed by atoms with van der Waals surface area (Å²) in [6, 6.07) is 13.1. The SMILES string of the molecule is COCCn1c[nH+]c2c(c1=O)c1nc3ccccc3nc1n2/N=C\c1ccccn1. The molecule has 0 fully saturated rings. The van der Waals surface area contributed by atoms with Crippen molar-refractivity contribution in [3.05, 3.63) is 71.0 Å². The predicted molar refractivity (Wildman–Crippen MR) is 112 cm³/mol. The summed E-state index contributed by atoms with van der Waals surface area (Å²) in [5.74, 6) is 0. The molecular formula is C21H18N7O2+. The Morgan fingerprint density at radius 3 is 2.70 bits per heavy atom. The Kier molecular flexibility index (Phi) is 4.49.